The first kappa shape index (κ1) is 15.3. The molecule has 0 unspecified atom stereocenters. The number of hydrogen-bond donors (Lipinski definition) is 0. The predicted octanol–water partition coefficient (Wildman–Crippen LogP) is 3.80. The topological polar surface area (TPSA) is 48.4 Å². The first-order valence-corrected chi connectivity index (χ1v) is 6.54. The number of aromatic nitrogens is 1. The van der Waals surface area contributed by atoms with Crippen molar-refractivity contribution < 1.29 is 27.4 Å². The lowest BCUT2D eigenvalue weighted by Crippen LogP contribution is -2.17. The van der Waals surface area contributed by atoms with Gasteiger partial charge < -0.3 is 9.47 Å². The van der Waals surface area contributed by atoms with E-state index in [-0.39, 0.29) is 21.9 Å². The molecule has 1 heterocycles. The number of rotatable bonds is 3. The number of para-hydroxylation sites is 1. The van der Waals surface area contributed by atoms with Gasteiger partial charge in [-0.3, -0.25) is 0 Å². The number of carbonyl (C=O) groups excluding carboxylic acids is 1. The SMILES string of the molecule is COC(=O)c1nc(C)sc1-c1ccccc1OC(F)(F)F. The lowest BCUT2D eigenvalue weighted by atomic mass is 10.1. The van der Waals surface area contributed by atoms with Gasteiger partial charge >= 0.3 is 12.3 Å². The summed E-state index contributed by atoms with van der Waals surface area (Å²) in [6, 6.07) is 5.57. The zero-order valence-corrected chi connectivity index (χ0v) is 11.8. The van der Waals surface area contributed by atoms with Crippen molar-refractivity contribution in [3.05, 3.63) is 35.0 Å². The molecule has 0 aliphatic rings. The second kappa shape index (κ2) is 5.72. The van der Waals surface area contributed by atoms with Crippen LogP contribution in [0.25, 0.3) is 10.4 Å². The first-order valence-electron chi connectivity index (χ1n) is 5.72. The summed E-state index contributed by atoms with van der Waals surface area (Å²) in [6.07, 6.45) is -4.82. The zero-order valence-electron chi connectivity index (χ0n) is 11.0. The summed E-state index contributed by atoms with van der Waals surface area (Å²) >= 11 is 1.09. The summed E-state index contributed by atoms with van der Waals surface area (Å²) in [7, 11) is 1.18. The van der Waals surface area contributed by atoms with Crippen LogP contribution in [-0.2, 0) is 4.74 Å². The van der Waals surface area contributed by atoms with Crippen molar-refractivity contribution >= 4 is 17.3 Å². The maximum absolute atomic E-state index is 12.4. The molecule has 0 saturated heterocycles. The van der Waals surface area contributed by atoms with E-state index in [0.717, 1.165) is 11.3 Å². The van der Waals surface area contributed by atoms with E-state index >= 15 is 0 Å². The second-order valence-electron chi connectivity index (χ2n) is 3.95. The molecule has 0 saturated carbocycles. The molecular weight excluding hydrogens is 307 g/mol. The lowest BCUT2D eigenvalue weighted by Gasteiger charge is -2.12. The number of methoxy groups -OCH3 is 1. The largest absolute Gasteiger partial charge is 0.573 e. The maximum Gasteiger partial charge on any atom is 0.573 e. The number of alkyl halides is 3. The van der Waals surface area contributed by atoms with Gasteiger partial charge in [0.15, 0.2) is 5.69 Å². The highest BCUT2D eigenvalue weighted by Gasteiger charge is 2.33. The monoisotopic (exact) mass is 317 g/mol. The Morgan fingerprint density at radius 2 is 1.95 bits per heavy atom. The third-order valence-electron chi connectivity index (χ3n) is 2.47. The van der Waals surface area contributed by atoms with Gasteiger partial charge in [0.05, 0.1) is 17.0 Å². The summed E-state index contributed by atoms with van der Waals surface area (Å²) in [4.78, 5) is 16.0. The molecule has 2 rings (SSSR count). The number of aryl methyl sites for hydroxylation is 1. The second-order valence-corrected chi connectivity index (χ2v) is 5.15. The number of ether oxygens (including phenoxy) is 2. The third-order valence-corrected chi connectivity index (χ3v) is 3.47. The quantitative estimate of drug-likeness (QED) is 0.808. The number of thiazole rings is 1. The Bertz CT molecular complexity index is 667. The normalized spacial score (nSPS) is 11.3. The third kappa shape index (κ3) is 3.52. The molecule has 112 valence electrons. The van der Waals surface area contributed by atoms with Crippen LogP contribution in [-0.4, -0.2) is 24.4 Å². The van der Waals surface area contributed by atoms with Crippen LogP contribution in [0.1, 0.15) is 15.5 Å². The molecule has 0 atom stereocenters. The summed E-state index contributed by atoms with van der Waals surface area (Å²) in [5.74, 6) is -1.10. The van der Waals surface area contributed by atoms with Crippen LogP contribution in [0, 0.1) is 6.92 Å². The smallest absolute Gasteiger partial charge is 0.464 e. The summed E-state index contributed by atoms with van der Waals surface area (Å²) < 4.78 is 45.9. The number of nitrogens with zero attached hydrogens (tertiary/aromatic N) is 1. The Hall–Kier alpha value is -2.09. The molecule has 1 aromatic carbocycles. The molecule has 1 aromatic heterocycles. The van der Waals surface area contributed by atoms with E-state index in [1.807, 2.05) is 0 Å². The fourth-order valence-electron chi connectivity index (χ4n) is 1.71. The average molecular weight is 317 g/mol. The highest BCUT2D eigenvalue weighted by atomic mass is 32.1. The molecule has 0 amide bonds. The Morgan fingerprint density at radius 1 is 1.29 bits per heavy atom. The van der Waals surface area contributed by atoms with Crippen LogP contribution in [0.3, 0.4) is 0 Å². The van der Waals surface area contributed by atoms with Gasteiger partial charge in [0.2, 0.25) is 0 Å². The van der Waals surface area contributed by atoms with Crippen LogP contribution in [0.4, 0.5) is 13.2 Å². The van der Waals surface area contributed by atoms with E-state index in [0.29, 0.717) is 5.01 Å². The van der Waals surface area contributed by atoms with Crippen molar-refractivity contribution in [2.24, 2.45) is 0 Å². The van der Waals surface area contributed by atoms with Gasteiger partial charge in [-0.15, -0.1) is 24.5 Å². The Labute approximate surface area is 122 Å². The van der Waals surface area contributed by atoms with Gasteiger partial charge in [-0.05, 0) is 19.1 Å². The molecule has 0 aliphatic carbocycles. The molecule has 2 aromatic rings. The molecule has 4 nitrogen and oxygen atoms in total. The molecule has 0 spiro atoms. The average Bonchev–Trinajstić information content (AvgIpc) is 2.78. The van der Waals surface area contributed by atoms with E-state index < -0.39 is 12.3 Å². The molecular formula is C13H10F3NO3S. The van der Waals surface area contributed by atoms with Crippen molar-refractivity contribution in [2.45, 2.75) is 13.3 Å². The lowest BCUT2D eigenvalue weighted by molar-refractivity contribution is -0.274. The standard InChI is InChI=1S/C13H10F3NO3S/c1-7-17-10(12(18)19-2)11(21-7)8-5-3-4-6-9(8)20-13(14,15)16/h3-6H,1-2H3. The number of carbonyl (C=O) groups is 1. The maximum atomic E-state index is 12.4. The number of hydrogen-bond acceptors (Lipinski definition) is 5. The molecule has 0 bridgehead atoms. The predicted molar refractivity (Wildman–Crippen MR) is 70.3 cm³/mol. The zero-order chi connectivity index (χ0) is 15.6. The van der Waals surface area contributed by atoms with Crippen molar-refractivity contribution in [2.75, 3.05) is 7.11 Å². The van der Waals surface area contributed by atoms with Crippen molar-refractivity contribution in [3.63, 3.8) is 0 Å². The van der Waals surface area contributed by atoms with E-state index in [2.05, 4.69) is 14.5 Å². The van der Waals surface area contributed by atoms with Crippen LogP contribution in [0.2, 0.25) is 0 Å². The van der Waals surface area contributed by atoms with Crippen LogP contribution in [0.5, 0.6) is 5.75 Å². The molecule has 0 radical (unpaired) electrons. The van der Waals surface area contributed by atoms with Gasteiger partial charge in [-0.1, -0.05) is 12.1 Å². The van der Waals surface area contributed by atoms with Crippen molar-refractivity contribution in [3.8, 4) is 16.2 Å². The van der Waals surface area contributed by atoms with Crippen molar-refractivity contribution in [1.29, 1.82) is 0 Å². The van der Waals surface area contributed by atoms with E-state index in [9.17, 15) is 18.0 Å². The fraction of sp³-hybridized carbons (Fsp3) is 0.231. The van der Waals surface area contributed by atoms with Gasteiger partial charge in [-0.25, -0.2) is 9.78 Å². The van der Waals surface area contributed by atoms with E-state index in [4.69, 9.17) is 0 Å². The van der Waals surface area contributed by atoms with Crippen LogP contribution >= 0.6 is 11.3 Å². The van der Waals surface area contributed by atoms with Gasteiger partial charge in [0.1, 0.15) is 5.75 Å². The minimum Gasteiger partial charge on any atom is -0.464 e. The number of benzene rings is 1. The molecule has 0 aliphatic heterocycles. The number of esters is 1. The van der Waals surface area contributed by atoms with Crippen molar-refractivity contribution in [1.82, 2.24) is 4.98 Å². The first-order chi connectivity index (χ1) is 9.81. The highest BCUT2D eigenvalue weighted by molar-refractivity contribution is 7.15. The molecule has 0 fully saturated rings. The molecule has 21 heavy (non-hydrogen) atoms. The van der Waals surface area contributed by atoms with E-state index in [1.54, 1.807) is 13.0 Å². The minimum absolute atomic E-state index is 0.0294. The summed E-state index contributed by atoms with van der Waals surface area (Å²) in [5.41, 5.74) is 0.110. The Morgan fingerprint density at radius 3 is 2.57 bits per heavy atom. The highest BCUT2D eigenvalue weighted by Crippen LogP contribution is 2.38. The summed E-state index contributed by atoms with van der Waals surface area (Å²) in [5, 5.41) is 0.534. The fourth-order valence-corrected chi connectivity index (χ4v) is 2.65. The summed E-state index contributed by atoms with van der Waals surface area (Å²) in [6.45, 7) is 1.65. The van der Waals surface area contributed by atoms with Gasteiger partial charge in [0, 0.05) is 5.56 Å². The number of halogens is 3. The van der Waals surface area contributed by atoms with E-state index in [1.165, 1.54) is 25.3 Å². The van der Waals surface area contributed by atoms with Gasteiger partial charge in [-0.2, -0.15) is 0 Å². The van der Waals surface area contributed by atoms with Crippen LogP contribution < -0.4 is 4.74 Å². The Balaban J connectivity index is 2.55. The Kier molecular flexibility index (Phi) is 4.17. The van der Waals surface area contributed by atoms with Gasteiger partial charge in [0.25, 0.3) is 0 Å². The molecule has 8 heteroatoms. The minimum atomic E-state index is -4.82. The van der Waals surface area contributed by atoms with Crippen LogP contribution in [0.15, 0.2) is 24.3 Å². The molecule has 0 N–H and O–H groups in total.